The van der Waals surface area contributed by atoms with Crippen LogP contribution in [0.25, 0.3) is 0 Å². The first-order valence-corrected chi connectivity index (χ1v) is 27.0. The van der Waals surface area contributed by atoms with E-state index in [1.807, 2.05) is 20.8 Å². The lowest BCUT2D eigenvalue weighted by atomic mass is 9.32. The fraction of sp³-hybridized carbons (Fsp3) is 0.889. The molecule has 0 radical (unpaired) electrons. The van der Waals surface area contributed by atoms with Crippen molar-refractivity contribution < 1.29 is 109 Å². The minimum Gasteiger partial charge on any atom is -0.465 e. The Bertz CT molecular complexity index is 2170. The first kappa shape index (κ1) is 59.8. The summed E-state index contributed by atoms with van der Waals surface area (Å²) in [5.74, 6) is -2.03. The van der Waals surface area contributed by atoms with Crippen LogP contribution in [0, 0.1) is 50.2 Å². The third-order valence-electron chi connectivity index (χ3n) is 20.6. The van der Waals surface area contributed by atoms with Gasteiger partial charge in [-0.05, 0) is 86.4 Å². The van der Waals surface area contributed by atoms with E-state index in [9.17, 15) is 70.9 Å². The van der Waals surface area contributed by atoms with E-state index in [-0.39, 0.29) is 18.4 Å². The van der Waals surface area contributed by atoms with Gasteiger partial charge in [-0.3, -0.25) is 4.79 Å². The van der Waals surface area contributed by atoms with Gasteiger partial charge in [-0.15, -0.1) is 0 Å². The number of allylic oxidation sites excluding steroid dienone is 2. The summed E-state index contributed by atoms with van der Waals surface area (Å²) in [6, 6.07) is 0. The van der Waals surface area contributed by atoms with Crippen LogP contribution in [0.4, 0.5) is 0 Å². The molecule has 4 saturated carbocycles. The second-order valence-corrected chi connectivity index (χ2v) is 25.3. The van der Waals surface area contributed by atoms with E-state index in [4.69, 9.17) is 37.9 Å². The summed E-state index contributed by atoms with van der Waals surface area (Å²) in [7, 11) is 0. The maximum atomic E-state index is 13.3. The van der Waals surface area contributed by atoms with E-state index in [1.54, 1.807) is 19.9 Å². The number of aliphatic hydroxyl groups is 12. The summed E-state index contributed by atoms with van der Waals surface area (Å²) >= 11 is 0. The maximum Gasteiger partial charge on any atom is 0.333 e. The Labute approximate surface area is 443 Å². The summed E-state index contributed by atoms with van der Waals surface area (Å²) < 4.78 is 47.9. The predicted octanol–water partition coefficient (Wildman–Crippen LogP) is -0.776. The van der Waals surface area contributed by atoms with E-state index in [0.29, 0.717) is 44.1 Å². The summed E-state index contributed by atoms with van der Waals surface area (Å²) in [6.07, 6.45) is -22.4. The molecule has 3 aliphatic heterocycles. The maximum absolute atomic E-state index is 13.3. The minimum absolute atomic E-state index is 0.0645. The van der Waals surface area contributed by atoms with Crippen molar-refractivity contribution in [2.24, 2.45) is 50.2 Å². The van der Waals surface area contributed by atoms with Crippen LogP contribution in [-0.4, -0.2) is 216 Å². The molecule has 3 saturated heterocycles. The predicted molar refractivity (Wildman–Crippen MR) is 262 cm³/mol. The molecule has 22 nitrogen and oxygen atoms in total. The first-order valence-electron chi connectivity index (χ1n) is 27.0. The lowest BCUT2D eigenvalue weighted by molar-refractivity contribution is -0.381. The summed E-state index contributed by atoms with van der Waals surface area (Å²) in [4.78, 5) is 25.8. The molecular formula is C54H86O22. The zero-order chi connectivity index (χ0) is 56.2. The second-order valence-electron chi connectivity index (χ2n) is 25.3. The van der Waals surface area contributed by atoms with Gasteiger partial charge < -0.3 is 99.2 Å². The lowest BCUT2D eigenvalue weighted by Crippen LogP contribution is -2.76. The molecular weight excluding hydrogens is 1000 g/mol. The van der Waals surface area contributed by atoms with E-state index < -0.39 is 187 Å². The number of carbonyl (C=O) groups excluding carboxylic acids is 2. The van der Waals surface area contributed by atoms with Crippen LogP contribution in [0.2, 0.25) is 0 Å². The highest BCUT2D eigenvalue weighted by molar-refractivity contribution is 5.87. The summed E-state index contributed by atoms with van der Waals surface area (Å²) in [6.45, 7) is 16.8. The van der Waals surface area contributed by atoms with Crippen molar-refractivity contribution in [2.45, 2.75) is 224 Å². The third-order valence-corrected chi connectivity index (χ3v) is 20.6. The smallest absolute Gasteiger partial charge is 0.333 e. The van der Waals surface area contributed by atoms with E-state index >= 15 is 0 Å². The van der Waals surface area contributed by atoms with Gasteiger partial charge in [0.1, 0.15) is 86.0 Å². The molecule has 76 heavy (non-hydrogen) atoms. The molecule has 12 N–H and O–H groups in total. The van der Waals surface area contributed by atoms with Crippen LogP contribution in [0.5, 0.6) is 0 Å². The number of ether oxygens (including phenoxy) is 8. The molecule has 0 unspecified atom stereocenters. The molecule has 8 rings (SSSR count). The molecule has 26 atom stereocenters. The van der Waals surface area contributed by atoms with Gasteiger partial charge in [0.25, 0.3) is 0 Å². The summed E-state index contributed by atoms with van der Waals surface area (Å²) in [5, 5.41) is 135. The molecule has 0 aromatic carbocycles. The molecule has 5 aliphatic carbocycles. The average Bonchev–Trinajstić information content (AvgIpc) is 3.36. The highest BCUT2D eigenvalue weighted by Gasteiger charge is 2.76. The molecule has 8 aliphatic rings. The monoisotopic (exact) mass is 1090 g/mol. The number of fused-ring (bicyclic) bond motifs is 7. The van der Waals surface area contributed by atoms with Gasteiger partial charge in [-0.25, -0.2) is 4.79 Å². The van der Waals surface area contributed by atoms with Gasteiger partial charge in [0.15, 0.2) is 18.9 Å². The highest BCUT2D eigenvalue weighted by Crippen LogP contribution is 2.76. The normalized spacial score (nSPS) is 51.0. The fourth-order valence-corrected chi connectivity index (χ4v) is 15.8. The Balaban J connectivity index is 1.09. The van der Waals surface area contributed by atoms with Crippen molar-refractivity contribution in [1.29, 1.82) is 0 Å². The van der Waals surface area contributed by atoms with Crippen molar-refractivity contribution in [1.82, 2.24) is 0 Å². The van der Waals surface area contributed by atoms with Crippen molar-refractivity contribution in [3.63, 3.8) is 0 Å². The Hall–Kier alpha value is -2.30. The minimum atomic E-state index is -1.89. The van der Waals surface area contributed by atoms with E-state index in [1.165, 1.54) is 6.92 Å². The Kier molecular flexibility index (Phi) is 17.0. The van der Waals surface area contributed by atoms with Crippen molar-refractivity contribution in [2.75, 3.05) is 26.4 Å². The van der Waals surface area contributed by atoms with Crippen molar-refractivity contribution in [3.05, 3.63) is 23.3 Å². The van der Waals surface area contributed by atoms with Gasteiger partial charge in [-0.1, -0.05) is 66.2 Å². The zero-order valence-electron chi connectivity index (χ0n) is 45.4. The number of hydrogen-bond donors (Lipinski definition) is 12. The van der Waals surface area contributed by atoms with Gasteiger partial charge in [0.05, 0.1) is 43.5 Å². The van der Waals surface area contributed by atoms with E-state index in [2.05, 4.69) is 33.8 Å². The van der Waals surface area contributed by atoms with Crippen LogP contribution in [0.3, 0.4) is 0 Å². The number of hydrogen-bond acceptors (Lipinski definition) is 22. The Morgan fingerprint density at radius 2 is 1.37 bits per heavy atom. The largest absolute Gasteiger partial charge is 0.465 e. The Morgan fingerprint density at radius 1 is 0.724 bits per heavy atom. The number of carbonyl (C=O) groups is 2. The zero-order valence-corrected chi connectivity index (χ0v) is 45.4. The molecule has 0 spiro atoms. The first-order chi connectivity index (χ1) is 35.4. The molecule has 434 valence electrons. The van der Waals surface area contributed by atoms with Crippen LogP contribution in [0.15, 0.2) is 23.3 Å². The number of esters is 2. The average molecular weight is 1090 g/mol. The second kappa shape index (κ2) is 21.5. The van der Waals surface area contributed by atoms with E-state index in [0.717, 1.165) is 5.57 Å². The molecule has 0 amide bonds. The molecule has 0 aromatic rings. The molecule has 7 fully saturated rings. The third kappa shape index (κ3) is 9.45. The quantitative estimate of drug-likeness (QED) is 0.0494. The van der Waals surface area contributed by atoms with Gasteiger partial charge in [0, 0.05) is 23.3 Å². The van der Waals surface area contributed by atoms with Crippen LogP contribution >= 0.6 is 0 Å². The van der Waals surface area contributed by atoms with Gasteiger partial charge in [-0.2, -0.15) is 0 Å². The topological polar surface area (TPSA) is 351 Å². The van der Waals surface area contributed by atoms with Crippen LogP contribution in [0.1, 0.15) is 108 Å². The van der Waals surface area contributed by atoms with Gasteiger partial charge in [0.2, 0.25) is 0 Å². The Morgan fingerprint density at radius 3 is 2.01 bits per heavy atom. The number of rotatable bonds is 12. The van der Waals surface area contributed by atoms with Gasteiger partial charge >= 0.3 is 11.9 Å². The molecule has 3 heterocycles. The molecule has 0 aromatic heterocycles. The summed E-state index contributed by atoms with van der Waals surface area (Å²) in [5.41, 5.74) is -4.15. The number of aliphatic hydroxyl groups excluding tert-OH is 12. The molecule has 22 heteroatoms. The van der Waals surface area contributed by atoms with Crippen LogP contribution < -0.4 is 0 Å². The van der Waals surface area contributed by atoms with Crippen molar-refractivity contribution >= 4 is 11.9 Å². The SMILES string of the molecule is C/C=C(\C)C(=O)O[C@H]1[C@H](O)[C@]2(COC(C)=O)[C@H](O)[C@H](O)[C@]3(C)C(=CC[C@@H]4[C@@]5(C)CC[C@H](O[C@@H]6O[C@H](CO[C@@H]7OC[C@H](O)[C@H](O)[C@H]7O)[C@@H](O)[C@H](O)[C@H]6O[C@@H]6O[C@H](CO)[C@@H](O)[C@H](O)[C@H]6O)C(C)(C)[C@@H]5CC[C@]43C)[C@@H]2CC1(C)C. The van der Waals surface area contributed by atoms with Crippen molar-refractivity contribution in [3.8, 4) is 0 Å². The molecule has 0 bridgehead atoms. The highest BCUT2D eigenvalue weighted by atomic mass is 16.8. The standard InChI is InChI=1S/C54H86O22/c1-11-23(2)45(68)76-44-43(67)54(22-71-24(3)56)26(18-49(44,4)5)25-12-13-31-51(8)16-15-32(50(6,7)30(51)14-17-52(31,9)53(25,10)41(65)42(54)66)74-48-40(75-47-39(64)36(61)34(59)28(19-55)72-47)37(62)35(60)29(73-48)21-70-46-38(63)33(58)27(57)20-69-46/h11-12,26-44,46-48,55,57-67H,13-22H2,1-10H3/b23-11+/t26-,27-,28+,29+,30-,31+,32-,33-,34+,35+,36-,37-,38+,39+,40+,41-,42+,43-,44-,46-,47-,48-,51-,52+,53-,54-/m0/s1. The van der Waals surface area contributed by atoms with Crippen LogP contribution in [-0.2, 0) is 47.5 Å². The fourth-order valence-electron chi connectivity index (χ4n) is 15.8. The lowest BCUT2D eigenvalue weighted by Gasteiger charge is -2.73.